The first-order valence-corrected chi connectivity index (χ1v) is 6.41. The molecule has 0 unspecified atom stereocenters. The zero-order valence-electron chi connectivity index (χ0n) is 10.7. The summed E-state index contributed by atoms with van der Waals surface area (Å²) in [5.74, 6) is -0.934. The number of hydrogen-bond acceptors (Lipinski definition) is 2. The minimum Gasteiger partial charge on any atom is -0.379 e. The molecule has 0 aliphatic carbocycles. The fraction of sp³-hybridized carbons (Fsp3) is 0.571. The van der Waals surface area contributed by atoms with E-state index < -0.39 is 11.6 Å². The van der Waals surface area contributed by atoms with Gasteiger partial charge in [-0.1, -0.05) is 0 Å². The van der Waals surface area contributed by atoms with Gasteiger partial charge in [-0.05, 0) is 43.5 Å². The zero-order valence-corrected chi connectivity index (χ0v) is 10.7. The number of aryl methyl sites for hydroxylation is 1. The zero-order chi connectivity index (χ0) is 13.0. The van der Waals surface area contributed by atoms with Gasteiger partial charge >= 0.3 is 0 Å². The summed E-state index contributed by atoms with van der Waals surface area (Å²) in [6, 6.07) is 2.39. The second-order valence-electron chi connectivity index (χ2n) is 4.73. The summed E-state index contributed by atoms with van der Waals surface area (Å²) in [5.41, 5.74) is 1.35. The lowest BCUT2D eigenvalue weighted by atomic mass is 10.0. The molecule has 0 N–H and O–H groups in total. The molecular formula is C14H19F2NO. The molecule has 0 spiro atoms. The number of nitrogens with zero attached hydrogens (tertiary/aromatic N) is 1. The highest BCUT2D eigenvalue weighted by atomic mass is 19.1. The summed E-state index contributed by atoms with van der Waals surface area (Å²) in [6.45, 7) is 6.15. The van der Waals surface area contributed by atoms with E-state index in [1.165, 1.54) is 6.07 Å². The van der Waals surface area contributed by atoms with Crippen LogP contribution in [0.15, 0.2) is 12.1 Å². The topological polar surface area (TPSA) is 12.5 Å². The molecule has 1 fully saturated rings. The summed E-state index contributed by atoms with van der Waals surface area (Å²) in [6.07, 6.45) is 1.64. The van der Waals surface area contributed by atoms with Gasteiger partial charge in [0.2, 0.25) is 0 Å². The Kier molecular flexibility index (Phi) is 4.66. The fourth-order valence-electron chi connectivity index (χ4n) is 2.28. The van der Waals surface area contributed by atoms with Crippen molar-refractivity contribution >= 4 is 0 Å². The average Bonchev–Trinajstić information content (AvgIpc) is 2.36. The molecule has 4 heteroatoms. The van der Waals surface area contributed by atoms with Crippen molar-refractivity contribution in [2.75, 3.05) is 32.8 Å². The van der Waals surface area contributed by atoms with Gasteiger partial charge in [-0.2, -0.15) is 0 Å². The highest BCUT2D eigenvalue weighted by Crippen LogP contribution is 2.16. The van der Waals surface area contributed by atoms with E-state index in [0.717, 1.165) is 57.3 Å². The molecule has 1 saturated heterocycles. The Bertz CT molecular complexity index is 403. The maximum absolute atomic E-state index is 13.4. The molecule has 0 aromatic heterocycles. The molecule has 18 heavy (non-hydrogen) atoms. The number of ether oxygens (including phenoxy) is 1. The van der Waals surface area contributed by atoms with Crippen molar-refractivity contribution in [3.8, 4) is 0 Å². The summed E-state index contributed by atoms with van der Waals surface area (Å²) >= 11 is 0. The monoisotopic (exact) mass is 255 g/mol. The van der Waals surface area contributed by atoms with E-state index in [1.54, 1.807) is 6.92 Å². The van der Waals surface area contributed by atoms with E-state index in [4.69, 9.17) is 4.74 Å². The van der Waals surface area contributed by atoms with Gasteiger partial charge in [0.25, 0.3) is 0 Å². The Hall–Kier alpha value is -1.00. The van der Waals surface area contributed by atoms with Crippen LogP contribution in [0.3, 0.4) is 0 Å². The van der Waals surface area contributed by atoms with Crippen LogP contribution in [0, 0.1) is 18.6 Å². The van der Waals surface area contributed by atoms with Gasteiger partial charge in [-0.15, -0.1) is 0 Å². The molecule has 1 aromatic carbocycles. The van der Waals surface area contributed by atoms with Gasteiger partial charge in [-0.3, -0.25) is 4.90 Å². The van der Waals surface area contributed by atoms with Crippen molar-refractivity contribution in [2.24, 2.45) is 0 Å². The molecule has 0 saturated carbocycles. The van der Waals surface area contributed by atoms with E-state index in [2.05, 4.69) is 4.90 Å². The molecule has 0 bridgehead atoms. The Balaban J connectivity index is 1.86. The lowest BCUT2D eigenvalue weighted by Gasteiger charge is -2.26. The van der Waals surface area contributed by atoms with Crippen LogP contribution in [-0.2, 0) is 11.2 Å². The third-order valence-electron chi connectivity index (χ3n) is 3.44. The van der Waals surface area contributed by atoms with Gasteiger partial charge in [0.05, 0.1) is 13.2 Å². The van der Waals surface area contributed by atoms with Crippen LogP contribution in [0.5, 0.6) is 0 Å². The summed E-state index contributed by atoms with van der Waals surface area (Å²) < 4.78 is 31.8. The number of morpholine rings is 1. The highest BCUT2D eigenvalue weighted by Gasteiger charge is 2.11. The SMILES string of the molecule is Cc1c(F)cc(F)cc1CCCN1CCOCC1. The Morgan fingerprint density at radius 3 is 2.67 bits per heavy atom. The van der Waals surface area contributed by atoms with Crippen molar-refractivity contribution in [2.45, 2.75) is 19.8 Å². The first-order chi connectivity index (χ1) is 8.66. The molecule has 100 valence electrons. The minimum atomic E-state index is -0.487. The Morgan fingerprint density at radius 1 is 1.22 bits per heavy atom. The van der Waals surface area contributed by atoms with E-state index in [9.17, 15) is 8.78 Å². The summed E-state index contributed by atoms with van der Waals surface area (Å²) in [7, 11) is 0. The molecule has 1 aromatic rings. The molecule has 0 atom stereocenters. The third kappa shape index (κ3) is 3.50. The molecule has 0 amide bonds. The second-order valence-corrected chi connectivity index (χ2v) is 4.73. The standard InChI is InChI=1S/C14H19F2NO/c1-11-12(9-13(15)10-14(11)16)3-2-4-17-5-7-18-8-6-17/h9-10H,2-8H2,1H3. The predicted molar refractivity (Wildman–Crippen MR) is 66.7 cm³/mol. The largest absolute Gasteiger partial charge is 0.379 e. The number of benzene rings is 1. The second kappa shape index (κ2) is 6.25. The third-order valence-corrected chi connectivity index (χ3v) is 3.44. The molecule has 2 nitrogen and oxygen atoms in total. The number of halogens is 2. The Labute approximate surface area is 107 Å². The summed E-state index contributed by atoms with van der Waals surface area (Å²) in [5, 5.41) is 0. The normalized spacial score (nSPS) is 17.1. The average molecular weight is 255 g/mol. The van der Waals surface area contributed by atoms with Crippen molar-refractivity contribution in [3.05, 3.63) is 34.9 Å². The maximum Gasteiger partial charge on any atom is 0.129 e. The molecule has 0 radical (unpaired) electrons. The molecule has 1 aliphatic heterocycles. The van der Waals surface area contributed by atoms with Crippen LogP contribution in [0.2, 0.25) is 0 Å². The van der Waals surface area contributed by atoms with E-state index in [1.807, 2.05) is 0 Å². The Morgan fingerprint density at radius 2 is 1.94 bits per heavy atom. The fourth-order valence-corrected chi connectivity index (χ4v) is 2.28. The molecule has 1 aliphatic rings. The lowest BCUT2D eigenvalue weighted by Crippen LogP contribution is -2.36. The van der Waals surface area contributed by atoms with Gasteiger partial charge < -0.3 is 4.74 Å². The quantitative estimate of drug-likeness (QED) is 0.819. The van der Waals surface area contributed by atoms with Crippen molar-refractivity contribution in [3.63, 3.8) is 0 Å². The van der Waals surface area contributed by atoms with Gasteiger partial charge in [0.15, 0.2) is 0 Å². The van der Waals surface area contributed by atoms with Crippen LogP contribution in [0.4, 0.5) is 8.78 Å². The van der Waals surface area contributed by atoms with Gasteiger partial charge in [0.1, 0.15) is 11.6 Å². The van der Waals surface area contributed by atoms with Gasteiger partial charge in [0, 0.05) is 19.2 Å². The van der Waals surface area contributed by atoms with Gasteiger partial charge in [-0.25, -0.2) is 8.78 Å². The minimum absolute atomic E-state index is 0.448. The molecule has 2 rings (SSSR count). The van der Waals surface area contributed by atoms with Crippen molar-refractivity contribution in [1.82, 2.24) is 4.90 Å². The lowest BCUT2D eigenvalue weighted by molar-refractivity contribution is 0.0374. The van der Waals surface area contributed by atoms with E-state index in [0.29, 0.717) is 5.56 Å². The van der Waals surface area contributed by atoms with Crippen LogP contribution in [-0.4, -0.2) is 37.7 Å². The molecular weight excluding hydrogens is 236 g/mol. The predicted octanol–water partition coefficient (Wildman–Crippen LogP) is 2.54. The van der Waals surface area contributed by atoms with Crippen LogP contribution in [0.1, 0.15) is 17.5 Å². The van der Waals surface area contributed by atoms with Crippen molar-refractivity contribution in [1.29, 1.82) is 0 Å². The van der Waals surface area contributed by atoms with Crippen LogP contribution >= 0.6 is 0 Å². The first-order valence-electron chi connectivity index (χ1n) is 6.41. The smallest absolute Gasteiger partial charge is 0.129 e. The molecule has 1 heterocycles. The number of hydrogen-bond donors (Lipinski definition) is 0. The van der Waals surface area contributed by atoms with Crippen LogP contribution in [0.25, 0.3) is 0 Å². The first kappa shape index (κ1) is 13.4. The summed E-state index contributed by atoms with van der Waals surface area (Å²) in [4.78, 5) is 2.33. The van der Waals surface area contributed by atoms with Crippen molar-refractivity contribution < 1.29 is 13.5 Å². The number of rotatable bonds is 4. The highest BCUT2D eigenvalue weighted by molar-refractivity contribution is 5.28. The van der Waals surface area contributed by atoms with E-state index >= 15 is 0 Å². The maximum atomic E-state index is 13.4. The van der Waals surface area contributed by atoms with Crippen LogP contribution < -0.4 is 0 Å². The van der Waals surface area contributed by atoms with E-state index in [-0.39, 0.29) is 0 Å².